The first kappa shape index (κ1) is 23.7. The molecule has 0 bridgehead atoms. The lowest BCUT2D eigenvalue weighted by atomic mass is 9.92. The van der Waals surface area contributed by atoms with Gasteiger partial charge in [0.25, 0.3) is 0 Å². The lowest BCUT2D eigenvalue weighted by Crippen LogP contribution is -2.45. The fourth-order valence-corrected chi connectivity index (χ4v) is 3.21. The average Bonchev–Trinajstić information content (AvgIpc) is 2.61. The Morgan fingerprint density at radius 3 is 2.44 bits per heavy atom. The summed E-state index contributed by atoms with van der Waals surface area (Å²) in [5.74, 6) is 0.954. The molecule has 1 aliphatic heterocycles. The van der Waals surface area contributed by atoms with E-state index in [2.05, 4.69) is 53.1 Å². The Balaban J connectivity index is 0.00000192. The van der Waals surface area contributed by atoms with Crippen molar-refractivity contribution in [3.05, 3.63) is 65.7 Å². The highest BCUT2D eigenvalue weighted by atomic mass is 35.5. The fraction of sp³-hybridized carbons (Fsp3) is 0.368. The average molecular weight is 387 g/mol. The molecule has 25 heavy (non-hydrogen) atoms. The number of halogens is 2. The molecule has 0 aromatic heterocycles. The van der Waals surface area contributed by atoms with E-state index in [1.807, 2.05) is 12.1 Å². The third kappa shape index (κ3) is 6.17. The summed E-state index contributed by atoms with van der Waals surface area (Å²) in [5, 5.41) is 7.38. The predicted molar refractivity (Wildman–Crippen MR) is 108 cm³/mol. The van der Waals surface area contributed by atoms with Crippen LogP contribution in [0.1, 0.15) is 30.0 Å². The highest BCUT2D eigenvalue weighted by Crippen LogP contribution is 2.25. The zero-order chi connectivity index (χ0) is 15.2. The smallest absolute Gasteiger partial charge is 0.123 e. The van der Waals surface area contributed by atoms with Crippen molar-refractivity contribution >= 4 is 24.8 Å². The largest absolute Gasteiger partial charge is 0.496 e. The molecular weight excluding hydrogens is 359 g/mol. The molecule has 0 spiro atoms. The zero-order valence-electron chi connectivity index (χ0n) is 14.4. The number of ether oxygens (including phenoxy) is 1. The van der Waals surface area contributed by atoms with Gasteiger partial charge in [0, 0.05) is 24.2 Å². The second-order valence-electron chi connectivity index (χ2n) is 5.78. The number of hydrogen-bond donors (Lipinski definition) is 2. The Bertz CT molecular complexity index is 599. The summed E-state index contributed by atoms with van der Waals surface area (Å²) < 4.78 is 5.44. The number of piperidine rings is 1. The lowest BCUT2D eigenvalue weighted by Gasteiger charge is -2.34. The first-order chi connectivity index (χ1) is 10.9. The van der Waals surface area contributed by atoms with Crippen molar-refractivity contribution < 1.29 is 10.2 Å². The highest BCUT2D eigenvalue weighted by molar-refractivity contribution is 5.85. The van der Waals surface area contributed by atoms with Crippen molar-refractivity contribution in [3.8, 4) is 5.75 Å². The molecule has 2 aromatic carbocycles. The molecule has 3 rings (SSSR count). The van der Waals surface area contributed by atoms with Crippen LogP contribution in [0.4, 0.5) is 0 Å². The monoisotopic (exact) mass is 386 g/mol. The van der Waals surface area contributed by atoms with Gasteiger partial charge in [0.15, 0.2) is 0 Å². The Morgan fingerprint density at radius 2 is 1.72 bits per heavy atom. The SMILES string of the molecule is COc1ccccc1CNC1CCCNC1c1ccccc1.Cl.Cl.O. The number of rotatable bonds is 5. The molecule has 0 amide bonds. The molecule has 2 aromatic rings. The van der Waals surface area contributed by atoms with Crippen molar-refractivity contribution in [3.63, 3.8) is 0 Å². The third-order valence-electron chi connectivity index (χ3n) is 4.36. The van der Waals surface area contributed by atoms with E-state index in [9.17, 15) is 0 Å². The summed E-state index contributed by atoms with van der Waals surface area (Å²) in [6, 6.07) is 19.8. The van der Waals surface area contributed by atoms with E-state index in [0.717, 1.165) is 18.8 Å². The molecule has 4 N–H and O–H groups in total. The van der Waals surface area contributed by atoms with Crippen molar-refractivity contribution in [1.82, 2.24) is 10.6 Å². The van der Waals surface area contributed by atoms with Gasteiger partial charge in [-0.1, -0.05) is 48.5 Å². The van der Waals surface area contributed by atoms with Crippen molar-refractivity contribution in [2.75, 3.05) is 13.7 Å². The molecular formula is C19H28Cl2N2O2. The summed E-state index contributed by atoms with van der Waals surface area (Å²) in [6.07, 6.45) is 2.41. The van der Waals surface area contributed by atoms with Crippen LogP contribution in [0, 0.1) is 0 Å². The van der Waals surface area contributed by atoms with E-state index in [0.29, 0.717) is 12.1 Å². The fourth-order valence-electron chi connectivity index (χ4n) is 3.21. The molecule has 1 saturated heterocycles. The Morgan fingerprint density at radius 1 is 1.04 bits per heavy atom. The Kier molecular flexibility index (Phi) is 11.5. The first-order valence-electron chi connectivity index (χ1n) is 8.02. The minimum absolute atomic E-state index is 0. The van der Waals surface area contributed by atoms with Crippen LogP contribution in [0.5, 0.6) is 5.75 Å². The van der Waals surface area contributed by atoms with Crippen LogP contribution >= 0.6 is 24.8 Å². The topological polar surface area (TPSA) is 64.8 Å². The molecule has 0 aliphatic carbocycles. The molecule has 1 heterocycles. The number of nitrogens with one attached hydrogen (secondary N) is 2. The lowest BCUT2D eigenvalue weighted by molar-refractivity contribution is 0.303. The zero-order valence-corrected chi connectivity index (χ0v) is 16.0. The molecule has 6 heteroatoms. The molecule has 4 nitrogen and oxygen atoms in total. The van der Waals surface area contributed by atoms with E-state index >= 15 is 0 Å². The van der Waals surface area contributed by atoms with Gasteiger partial charge in [-0.25, -0.2) is 0 Å². The number of methoxy groups -OCH3 is 1. The number of para-hydroxylation sites is 1. The number of hydrogen-bond acceptors (Lipinski definition) is 3. The van der Waals surface area contributed by atoms with Crippen LogP contribution in [-0.4, -0.2) is 25.2 Å². The van der Waals surface area contributed by atoms with Gasteiger partial charge in [-0.2, -0.15) is 0 Å². The van der Waals surface area contributed by atoms with Gasteiger partial charge in [-0.15, -0.1) is 24.8 Å². The van der Waals surface area contributed by atoms with Gasteiger partial charge in [-0.3, -0.25) is 0 Å². The van der Waals surface area contributed by atoms with Crippen LogP contribution in [-0.2, 0) is 6.54 Å². The maximum absolute atomic E-state index is 5.44. The molecule has 0 saturated carbocycles. The van der Waals surface area contributed by atoms with Gasteiger partial charge in [0.05, 0.1) is 7.11 Å². The third-order valence-corrected chi connectivity index (χ3v) is 4.36. The molecule has 2 atom stereocenters. The van der Waals surface area contributed by atoms with Gasteiger partial charge in [0.2, 0.25) is 0 Å². The van der Waals surface area contributed by atoms with Crippen LogP contribution in [0.15, 0.2) is 54.6 Å². The van der Waals surface area contributed by atoms with E-state index in [4.69, 9.17) is 4.74 Å². The Hall–Kier alpha value is -1.30. The van der Waals surface area contributed by atoms with Crippen molar-refractivity contribution in [2.45, 2.75) is 31.5 Å². The standard InChI is InChI=1S/C19H24N2O.2ClH.H2O/c1-22-18-12-6-5-10-16(18)14-21-17-11-7-13-20-19(17)15-8-3-2-4-9-15;;;/h2-6,8-10,12,17,19-21H,7,11,13-14H2,1H3;2*1H;1H2. The molecule has 1 aliphatic rings. The summed E-state index contributed by atoms with van der Waals surface area (Å²) in [7, 11) is 1.73. The van der Waals surface area contributed by atoms with E-state index in [1.165, 1.54) is 24.0 Å². The van der Waals surface area contributed by atoms with E-state index < -0.39 is 0 Å². The second-order valence-corrected chi connectivity index (χ2v) is 5.78. The first-order valence-corrected chi connectivity index (χ1v) is 8.02. The normalized spacial score (nSPS) is 18.9. The van der Waals surface area contributed by atoms with Gasteiger partial charge in [0.1, 0.15) is 5.75 Å². The van der Waals surface area contributed by atoms with E-state index in [1.54, 1.807) is 7.11 Å². The molecule has 140 valence electrons. The van der Waals surface area contributed by atoms with Crippen LogP contribution in [0.3, 0.4) is 0 Å². The molecule has 2 unspecified atom stereocenters. The maximum atomic E-state index is 5.44. The minimum Gasteiger partial charge on any atom is -0.496 e. The molecule has 1 fully saturated rings. The quantitative estimate of drug-likeness (QED) is 0.828. The van der Waals surface area contributed by atoms with Gasteiger partial charge < -0.3 is 20.8 Å². The highest BCUT2D eigenvalue weighted by Gasteiger charge is 2.25. The Labute approximate surface area is 162 Å². The van der Waals surface area contributed by atoms with Crippen LogP contribution < -0.4 is 15.4 Å². The van der Waals surface area contributed by atoms with Crippen molar-refractivity contribution in [2.24, 2.45) is 0 Å². The summed E-state index contributed by atoms with van der Waals surface area (Å²) >= 11 is 0. The van der Waals surface area contributed by atoms with E-state index in [-0.39, 0.29) is 30.3 Å². The van der Waals surface area contributed by atoms with Crippen LogP contribution in [0.2, 0.25) is 0 Å². The maximum Gasteiger partial charge on any atom is 0.123 e. The van der Waals surface area contributed by atoms with Crippen LogP contribution in [0.25, 0.3) is 0 Å². The minimum atomic E-state index is 0. The van der Waals surface area contributed by atoms with Crippen molar-refractivity contribution in [1.29, 1.82) is 0 Å². The summed E-state index contributed by atoms with van der Waals surface area (Å²) in [4.78, 5) is 0. The second kappa shape index (κ2) is 12.1. The number of benzene rings is 2. The van der Waals surface area contributed by atoms with Gasteiger partial charge in [-0.05, 0) is 31.0 Å². The predicted octanol–water partition coefficient (Wildman–Crippen LogP) is 3.30. The summed E-state index contributed by atoms with van der Waals surface area (Å²) in [5.41, 5.74) is 2.57. The summed E-state index contributed by atoms with van der Waals surface area (Å²) in [6.45, 7) is 1.92. The molecule has 0 radical (unpaired) electrons. The van der Waals surface area contributed by atoms with Gasteiger partial charge >= 0.3 is 0 Å².